The van der Waals surface area contributed by atoms with Crippen LogP contribution in [0.3, 0.4) is 0 Å². The van der Waals surface area contributed by atoms with E-state index in [4.69, 9.17) is 0 Å². The van der Waals surface area contributed by atoms with Crippen molar-refractivity contribution in [2.45, 2.75) is 39.8 Å². The molecule has 1 N–H and O–H groups in total. The summed E-state index contributed by atoms with van der Waals surface area (Å²) in [6.45, 7) is 9.87. The topological polar surface area (TPSA) is 71.5 Å². The molecule has 122 valence electrons. The van der Waals surface area contributed by atoms with Crippen LogP contribution < -0.4 is 5.32 Å². The summed E-state index contributed by atoms with van der Waals surface area (Å²) in [7, 11) is 1.30. The SMILES string of the molecule is COC(=O)c1ccc(C(=O)NCCN(C(C)C)C(C)C)nc1. The van der Waals surface area contributed by atoms with Gasteiger partial charge in [0, 0.05) is 31.4 Å². The van der Waals surface area contributed by atoms with Gasteiger partial charge in [0.1, 0.15) is 5.69 Å². The zero-order valence-corrected chi connectivity index (χ0v) is 13.9. The van der Waals surface area contributed by atoms with E-state index in [0.717, 1.165) is 6.54 Å². The fraction of sp³-hybridized carbons (Fsp3) is 0.562. The quantitative estimate of drug-likeness (QED) is 0.777. The standard InChI is InChI=1S/C16H25N3O3/c1-11(2)19(12(3)4)9-8-17-15(20)14-7-6-13(10-18-14)16(21)22-5/h6-7,10-12H,8-9H2,1-5H3,(H,17,20). The number of rotatable bonds is 7. The molecule has 0 saturated carbocycles. The number of carbonyl (C=O) groups is 2. The van der Waals surface area contributed by atoms with Crippen LogP contribution >= 0.6 is 0 Å². The number of hydrogen-bond donors (Lipinski definition) is 1. The van der Waals surface area contributed by atoms with Gasteiger partial charge < -0.3 is 10.1 Å². The van der Waals surface area contributed by atoms with E-state index in [2.05, 4.69) is 47.6 Å². The third kappa shape index (κ3) is 5.11. The molecule has 0 spiro atoms. The smallest absolute Gasteiger partial charge is 0.339 e. The Hall–Kier alpha value is -1.95. The molecule has 1 aromatic rings. The summed E-state index contributed by atoms with van der Waals surface area (Å²) in [6, 6.07) is 3.90. The molecule has 22 heavy (non-hydrogen) atoms. The fourth-order valence-electron chi connectivity index (χ4n) is 2.27. The monoisotopic (exact) mass is 307 g/mol. The molecule has 0 unspecified atom stereocenters. The third-order valence-electron chi connectivity index (χ3n) is 3.40. The zero-order chi connectivity index (χ0) is 16.7. The van der Waals surface area contributed by atoms with Crippen LogP contribution in [-0.2, 0) is 4.74 Å². The van der Waals surface area contributed by atoms with E-state index in [1.807, 2.05) is 0 Å². The van der Waals surface area contributed by atoms with Gasteiger partial charge in [-0.25, -0.2) is 4.79 Å². The lowest BCUT2D eigenvalue weighted by Crippen LogP contribution is -2.42. The van der Waals surface area contributed by atoms with Gasteiger partial charge in [-0.3, -0.25) is 14.7 Å². The highest BCUT2D eigenvalue weighted by molar-refractivity contribution is 5.94. The lowest BCUT2D eigenvalue weighted by atomic mass is 10.2. The molecule has 6 heteroatoms. The van der Waals surface area contributed by atoms with Crippen molar-refractivity contribution >= 4 is 11.9 Å². The summed E-state index contributed by atoms with van der Waals surface area (Å²) < 4.78 is 4.59. The summed E-state index contributed by atoms with van der Waals surface area (Å²) in [5.41, 5.74) is 0.609. The van der Waals surface area contributed by atoms with E-state index < -0.39 is 5.97 Å². The molecule has 1 aromatic heterocycles. The van der Waals surface area contributed by atoms with Crippen molar-refractivity contribution in [1.82, 2.24) is 15.2 Å². The van der Waals surface area contributed by atoms with Crippen LogP contribution in [0.25, 0.3) is 0 Å². The van der Waals surface area contributed by atoms with Crippen LogP contribution in [0.1, 0.15) is 48.5 Å². The highest BCUT2D eigenvalue weighted by Gasteiger charge is 2.14. The normalized spacial score (nSPS) is 11.1. The first kappa shape index (κ1) is 18.1. The van der Waals surface area contributed by atoms with Crippen molar-refractivity contribution in [3.63, 3.8) is 0 Å². The Morgan fingerprint density at radius 1 is 1.23 bits per heavy atom. The van der Waals surface area contributed by atoms with Crippen LogP contribution in [0, 0.1) is 0 Å². The minimum Gasteiger partial charge on any atom is -0.465 e. The average molecular weight is 307 g/mol. The van der Waals surface area contributed by atoms with E-state index >= 15 is 0 Å². The highest BCUT2D eigenvalue weighted by atomic mass is 16.5. The van der Waals surface area contributed by atoms with E-state index in [9.17, 15) is 9.59 Å². The van der Waals surface area contributed by atoms with E-state index in [-0.39, 0.29) is 11.6 Å². The molecule has 0 fully saturated rings. The number of hydrogen-bond acceptors (Lipinski definition) is 5. The van der Waals surface area contributed by atoms with Crippen LogP contribution in [-0.4, -0.2) is 54.0 Å². The Kier molecular flexibility index (Phi) is 6.98. The maximum atomic E-state index is 12.0. The molecule has 1 amide bonds. The molecule has 1 rings (SSSR count). The molecule has 0 aliphatic carbocycles. The molecular formula is C16H25N3O3. The van der Waals surface area contributed by atoms with Gasteiger partial charge in [0.15, 0.2) is 0 Å². The number of methoxy groups -OCH3 is 1. The maximum absolute atomic E-state index is 12.0. The maximum Gasteiger partial charge on any atom is 0.339 e. The Bertz CT molecular complexity index is 490. The first-order valence-electron chi connectivity index (χ1n) is 7.45. The number of ether oxygens (including phenoxy) is 1. The predicted octanol–water partition coefficient (Wildman–Crippen LogP) is 1.72. The van der Waals surface area contributed by atoms with Gasteiger partial charge >= 0.3 is 5.97 Å². The number of amides is 1. The lowest BCUT2D eigenvalue weighted by Gasteiger charge is -2.30. The van der Waals surface area contributed by atoms with Gasteiger partial charge in [-0.1, -0.05) is 0 Å². The van der Waals surface area contributed by atoms with Crippen molar-refractivity contribution < 1.29 is 14.3 Å². The largest absolute Gasteiger partial charge is 0.465 e. The first-order chi connectivity index (χ1) is 10.4. The van der Waals surface area contributed by atoms with Crippen LogP contribution in [0.5, 0.6) is 0 Å². The molecule has 0 aliphatic rings. The second kappa shape index (κ2) is 8.48. The second-order valence-corrected chi connectivity index (χ2v) is 5.60. The van der Waals surface area contributed by atoms with Crippen molar-refractivity contribution in [1.29, 1.82) is 0 Å². The fourth-order valence-corrected chi connectivity index (χ4v) is 2.27. The minimum atomic E-state index is -0.469. The summed E-state index contributed by atoms with van der Waals surface area (Å²) in [5, 5.41) is 2.84. The van der Waals surface area contributed by atoms with E-state index in [0.29, 0.717) is 24.2 Å². The number of carbonyl (C=O) groups excluding carboxylic acids is 2. The summed E-state index contributed by atoms with van der Waals surface area (Å²) >= 11 is 0. The Labute approximate surface area is 131 Å². The van der Waals surface area contributed by atoms with Gasteiger partial charge in [0.2, 0.25) is 0 Å². The van der Waals surface area contributed by atoms with Crippen LogP contribution in [0.2, 0.25) is 0 Å². The van der Waals surface area contributed by atoms with Crippen molar-refractivity contribution in [2.24, 2.45) is 0 Å². The van der Waals surface area contributed by atoms with Crippen molar-refractivity contribution in [3.05, 3.63) is 29.6 Å². The number of nitrogens with one attached hydrogen (secondary N) is 1. The van der Waals surface area contributed by atoms with Crippen LogP contribution in [0.15, 0.2) is 18.3 Å². The molecular weight excluding hydrogens is 282 g/mol. The van der Waals surface area contributed by atoms with Crippen molar-refractivity contribution in [3.8, 4) is 0 Å². The molecule has 1 heterocycles. The van der Waals surface area contributed by atoms with Gasteiger partial charge in [0.05, 0.1) is 12.7 Å². The summed E-state index contributed by atoms with van der Waals surface area (Å²) in [4.78, 5) is 29.6. The summed E-state index contributed by atoms with van der Waals surface area (Å²) in [5.74, 6) is -0.715. The number of pyridine rings is 1. The van der Waals surface area contributed by atoms with E-state index in [1.165, 1.54) is 25.4 Å². The number of aromatic nitrogens is 1. The van der Waals surface area contributed by atoms with Gasteiger partial charge in [-0.2, -0.15) is 0 Å². The number of esters is 1. The van der Waals surface area contributed by atoms with Gasteiger partial charge in [-0.05, 0) is 39.8 Å². The Morgan fingerprint density at radius 3 is 2.32 bits per heavy atom. The summed E-state index contributed by atoms with van der Waals surface area (Å²) in [6.07, 6.45) is 1.34. The lowest BCUT2D eigenvalue weighted by molar-refractivity contribution is 0.0599. The van der Waals surface area contributed by atoms with E-state index in [1.54, 1.807) is 0 Å². The second-order valence-electron chi connectivity index (χ2n) is 5.60. The minimum absolute atomic E-state index is 0.246. The van der Waals surface area contributed by atoms with Gasteiger partial charge in [-0.15, -0.1) is 0 Å². The average Bonchev–Trinajstić information content (AvgIpc) is 2.49. The highest BCUT2D eigenvalue weighted by Crippen LogP contribution is 2.04. The Morgan fingerprint density at radius 2 is 1.86 bits per heavy atom. The zero-order valence-electron chi connectivity index (χ0n) is 13.9. The van der Waals surface area contributed by atoms with Crippen molar-refractivity contribution in [2.75, 3.05) is 20.2 Å². The predicted molar refractivity (Wildman–Crippen MR) is 84.9 cm³/mol. The first-order valence-corrected chi connectivity index (χ1v) is 7.45. The number of nitrogens with zero attached hydrogens (tertiary/aromatic N) is 2. The van der Waals surface area contributed by atoms with Crippen LogP contribution in [0.4, 0.5) is 0 Å². The Balaban J connectivity index is 2.53. The molecule has 6 nitrogen and oxygen atoms in total. The molecule has 0 atom stereocenters. The molecule has 0 aromatic carbocycles. The molecule has 0 aliphatic heterocycles. The molecule has 0 saturated heterocycles. The third-order valence-corrected chi connectivity index (χ3v) is 3.40. The molecule has 0 bridgehead atoms. The van der Waals surface area contributed by atoms with Gasteiger partial charge in [0.25, 0.3) is 5.91 Å². The molecule has 0 radical (unpaired) electrons.